The molecule has 2 bridgehead atoms. The van der Waals surface area contributed by atoms with Gasteiger partial charge in [0, 0.05) is 5.92 Å². The fourth-order valence-electron chi connectivity index (χ4n) is 2.17. The molecule has 0 aromatic rings. The maximum Gasteiger partial charge on any atom is 0.244 e. The van der Waals surface area contributed by atoms with Crippen LogP contribution in [0.2, 0.25) is 0 Å². The number of hydrogen-bond donors (Lipinski definition) is 1. The standard InChI is InChI=1S/C8H10F2O/c9-8(10)6-4-1-2-5(3-4)7(6)11/h1-2,4-8,11H,3H2. The molecular formula is C8H10F2O. The second kappa shape index (κ2) is 2.27. The molecule has 2 aliphatic rings. The second-order valence-electron chi connectivity index (χ2n) is 3.35. The number of aliphatic hydroxyl groups excluding tert-OH is 1. The van der Waals surface area contributed by atoms with Crippen molar-refractivity contribution < 1.29 is 13.9 Å². The van der Waals surface area contributed by atoms with Crippen molar-refractivity contribution in [2.45, 2.75) is 19.0 Å². The van der Waals surface area contributed by atoms with Gasteiger partial charge in [-0.1, -0.05) is 12.2 Å². The van der Waals surface area contributed by atoms with Crippen molar-refractivity contribution in [1.82, 2.24) is 0 Å². The fraction of sp³-hybridized carbons (Fsp3) is 0.750. The van der Waals surface area contributed by atoms with Crippen LogP contribution in [0.3, 0.4) is 0 Å². The van der Waals surface area contributed by atoms with E-state index in [1.54, 1.807) is 0 Å². The third kappa shape index (κ3) is 0.906. The number of halogens is 2. The van der Waals surface area contributed by atoms with Crippen molar-refractivity contribution >= 4 is 0 Å². The zero-order chi connectivity index (χ0) is 8.01. The predicted molar refractivity (Wildman–Crippen MR) is 36.2 cm³/mol. The van der Waals surface area contributed by atoms with E-state index in [2.05, 4.69) is 0 Å². The molecule has 3 heteroatoms. The molecule has 4 atom stereocenters. The molecule has 0 aromatic heterocycles. The summed E-state index contributed by atoms with van der Waals surface area (Å²) in [5.74, 6) is -0.876. The van der Waals surface area contributed by atoms with Gasteiger partial charge in [-0.05, 0) is 12.3 Å². The fourth-order valence-corrected chi connectivity index (χ4v) is 2.17. The predicted octanol–water partition coefficient (Wildman–Crippen LogP) is 1.43. The number of allylic oxidation sites excluding steroid dienone is 1. The Morgan fingerprint density at radius 1 is 1.27 bits per heavy atom. The highest BCUT2D eigenvalue weighted by molar-refractivity contribution is 5.14. The Hall–Kier alpha value is -0.440. The molecule has 0 spiro atoms. The molecule has 0 aliphatic heterocycles. The summed E-state index contributed by atoms with van der Waals surface area (Å²) >= 11 is 0. The highest BCUT2D eigenvalue weighted by atomic mass is 19.3. The van der Waals surface area contributed by atoms with Crippen LogP contribution >= 0.6 is 0 Å². The lowest BCUT2D eigenvalue weighted by Gasteiger charge is -2.22. The molecule has 11 heavy (non-hydrogen) atoms. The maximum atomic E-state index is 12.3. The lowest BCUT2D eigenvalue weighted by Crippen LogP contribution is -2.30. The van der Waals surface area contributed by atoms with Crippen LogP contribution in [-0.2, 0) is 0 Å². The average Bonchev–Trinajstić information content (AvgIpc) is 2.44. The van der Waals surface area contributed by atoms with Crippen LogP contribution in [0.15, 0.2) is 12.2 Å². The Labute approximate surface area is 63.7 Å². The van der Waals surface area contributed by atoms with Crippen LogP contribution in [0.25, 0.3) is 0 Å². The van der Waals surface area contributed by atoms with Gasteiger partial charge >= 0.3 is 0 Å². The number of fused-ring (bicyclic) bond motifs is 2. The molecule has 1 saturated carbocycles. The average molecular weight is 160 g/mol. The lowest BCUT2D eigenvalue weighted by atomic mass is 9.91. The van der Waals surface area contributed by atoms with E-state index < -0.39 is 18.4 Å². The van der Waals surface area contributed by atoms with Gasteiger partial charge in [0.15, 0.2) is 0 Å². The van der Waals surface area contributed by atoms with Gasteiger partial charge in [-0.2, -0.15) is 0 Å². The molecule has 0 amide bonds. The molecular weight excluding hydrogens is 150 g/mol. The first kappa shape index (κ1) is 7.22. The first-order valence-corrected chi connectivity index (χ1v) is 3.84. The van der Waals surface area contributed by atoms with E-state index in [1.165, 1.54) is 0 Å². The molecule has 62 valence electrons. The molecule has 2 aliphatic carbocycles. The first-order valence-electron chi connectivity index (χ1n) is 3.84. The van der Waals surface area contributed by atoms with E-state index >= 15 is 0 Å². The van der Waals surface area contributed by atoms with Gasteiger partial charge in [0.25, 0.3) is 0 Å². The zero-order valence-corrected chi connectivity index (χ0v) is 5.95. The number of rotatable bonds is 1. The number of alkyl halides is 2. The van der Waals surface area contributed by atoms with E-state index in [9.17, 15) is 13.9 Å². The number of hydrogen-bond acceptors (Lipinski definition) is 1. The highest BCUT2D eigenvalue weighted by Crippen LogP contribution is 2.46. The Bertz CT molecular complexity index is 191. The molecule has 1 N–H and O–H groups in total. The summed E-state index contributed by atoms with van der Waals surface area (Å²) in [4.78, 5) is 0. The SMILES string of the molecule is OC1C2C=CC(C2)C1C(F)F. The summed E-state index contributed by atoms with van der Waals surface area (Å²) in [6.45, 7) is 0. The Kier molecular flexibility index (Phi) is 1.49. The second-order valence-corrected chi connectivity index (χ2v) is 3.35. The van der Waals surface area contributed by atoms with E-state index in [0.29, 0.717) is 0 Å². The lowest BCUT2D eigenvalue weighted by molar-refractivity contribution is -0.0128. The number of aliphatic hydroxyl groups is 1. The molecule has 4 unspecified atom stereocenters. The van der Waals surface area contributed by atoms with Crippen LogP contribution < -0.4 is 0 Å². The van der Waals surface area contributed by atoms with Crippen LogP contribution in [0.5, 0.6) is 0 Å². The maximum absolute atomic E-state index is 12.3. The Morgan fingerprint density at radius 3 is 2.27 bits per heavy atom. The van der Waals surface area contributed by atoms with Crippen molar-refractivity contribution in [2.75, 3.05) is 0 Å². The van der Waals surface area contributed by atoms with Gasteiger partial charge in [-0.15, -0.1) is 0 Å². The van der Waals surface area contributed by atoms with Crippen LogP contribution in [0.4, 0.5) is 8.78 Å². The quantitative estimate of drug-likeness (QED) is 0.575. The summed E-state index contributed by atoms with van der Waals surface area (Å²) in [6, 6.07) is 0. The summed E-state index contributed by atoms with van der Waals surface area (Å²) in [5.41, 5.74) is 0. The summed E-state index contributed by atoms with van der Waals surface area (Å²) in [6.07, 6.45) is 1.22. The van der Waals surface area contributed by atoms with Gasteiger partial charge in [0.05, 0.1) is 12.0 Å². The van der Waals surface area contributed by atoms with Gasteiger partial charge in [-0.3, -0.25) is 0 Å². The largest absolute Gasteiger partial charge is 0.392 e. The van der Waals surface area contributed by atoms with Gasteiger partial charge in [0.2, 0.25) is 6.43 Å². The van der Waals surface area contributed by atoms with E-state index in [-0.39, 0.29) is 11.8 Å². The highest BCUT2D eigenvalue weighted by Gasteiger charge is 2.47. The van der Waals surface area contributed by atoms with Crippen molar-refractivity contribution in [2.24, 2.45) is 17.8 Å². The van der Waals surface area contributed by atoms with E-state index in [1.807, 2.05) is 12.2 Å². The molecule has 1 nitrogen and oxygen atoms in total. The molecule has 1 fully saturated rings. The zero-order valence-electron chi connectivity index (χ0n) is 5.95. The normalized spacial score (nSPS) is 47.6. The van der Waals surface area contributed by atoms with Crippen molar-refractivity contribution in [1.29, 1.82) is 0 Å². The Balaban J connectivity index is 2.18. The van der Waals surface area contributed by atoms with Crippen LogP contribution in [0, 0.1) is 17.8 Å². The van der Waals surface area contributed by atoms with E-state index in [0.717, 1.165) is 6.42 Å². The van der Waals surface area contributed by atoms with E-state index in [4.69, 9.17) is 0 Å². The van der Waals surface area contributed by atoms with Gasteiger partial charge in [0.1, 0.15) is 0 Å². The molecule has 0 aromatic carbocycles. The molecule has 0 saturated heterocycles. The van der Waals surface area contributed by atoms with Crippen LogP contribution in [-0.4, -0.2) is 17.6 Å². The van der Waals surface area contributed by atoms with Crippen molar-refractivity contribution in [3.8, 4) is 0 Å². The van der Waals surface area contributed by atoms with Crippen LogP contribution in [0.1, 0.15) is 6.42 Å². The first-order chi connectivity index (χ1) is 5.20. The summed E-state index contributed by atoms with van der Waals surface area (Å²) in [5, 5.41) is 9.32. The minimum Gasteiger partial charge on any atom is -0.392 e. The van der Waals surface area contributed by atoms with Crippen molar-refractivity contribution in [3.63, 3.8) is 0 Å². The molecule has 2 rings (SSSR count). The third-order valence-corrected chi connectivity index (χ3v) is 2.77. The minimum atomic E-state index is -2.37. The van der Waals surface area contributed by atoms with Gasteiger partial charge < -0.3 is 5.11 Å². The van der Waals surface area contributed by atoms with Gasteiger partial charge in [-0.25, -0.2) is 8.78 Å². The van der Waals surface area contributed by atoms with Crippen molar-refractivity contribution in [3.05, 3.63) is 12.2 Å². The summed E-state index contributed by atoms with van der Waals surface area (Å²) < 4.78 is 24.5. The molecule has 0 heterocycles. The molecule has 0 radical (unpaired) electrons. The summed E-state index contributed by atoms with van der Waals surface area (Å²) in [7, 11) is 0. The topological polar surface area (TPSA) is 20.2 Å². The smallest absolute Gasteiger partial charge is 0.244 e. The minimum absolute atomic E-state index is 0.000926. The monoisotopic (exact) mass is 160 g/mol. The third-order valence-electron chi connectivity index (χ3n) is 2.77. The Morgan fingerprint density at radius 2 is 1.91 bits per heavy atom.